The van der Waals surface area contributed by atoms with Crippen LogP contribution >= 0.6 is 0 Å². The molecule has 3 heteroatoms. The van der Waals surface area contributed by atoms with Gasteiger partial charge in [0.05, 0.1) is 5.69 Å². The van der Waals surface area contributed by atoms with E-state index in [1.165, 1.54) is 0 Å². The molecule has 0 saturated heterocycles. The van der Waals surface area contributed by atoms with Crippen molar-refractivity contribution in [3.05, 3.63) is 48.8 Å². The first-order chi connectivity index (χ1) is 7.55. The van der Waals surface area contributed by atoms with E-state index < -0.39 is 0 Å². The van der Waals surface area contributed by atoms with Crippen LogP contribution in [0.4, 0.5) is 0 Å². The molecular formula is C13H18N3+. The molecule has 3 nitrogen and oxygen atoms in total. The highest BCUT2D eigenvalue weighted by molar-refractivity contribution is 5.01. The number of rotatable bonds is 2. The number of hydrogen-bond donors (Lipinski definition) is 0. The summed E-state index contributed by atoms with van der Waals surface area (Å²) < 4.78 is 4.35. The van der Waals surface area contributed by atoms with Crippen molar-refractivity contribution in [3.8, 4) is 0 Å². The summed E-state index contributed by atoms with van der Waals surface area (Å²) in [5, 5.41) is 0. The third kappa shape index (κ3) is 2.48. The molecule has 0 aromatic carbocycles. The molecule has 0 fully saturated rings. The molecule has 2 aromatic heterocycles. The lowest BCUT2D eigenvalue weighted by Gasteiger charge is -2.13. The van der Waals surface area contributed by atoms with Crippen molar-refractivity contribution in [2.24, 2.45) is 0 Å². The SMILES string of the molecule is CC(C)(C)n1cc[n+](Cc2ccccn2)c1. The third-order valence-corrected chi connectivity index (χ3v) is 2.54. The lowest BCUT2D eigenvalue weighted by Crippen LogP contribution is -2.33. The van der Waals surface area contributed by atoms with Gasteiger partial charge in [0.2, 0.25) is 6.33 Å². The van der Waals surface area contributed by atoms with E-state index in [1.54, 1.807) is 0 Å². The summed E-state index contributed by atoms with van der Waals surface area (Å²) in [5.74, 6) is 0. The normalized spacial score (nSPS) is 11.7. The van der Waals surface area contributed by atoms with Crippen LogP contribution in [0.15, 0.2) is 43.1 Å². The van der Waals surface area contributed by atoms with Crippen LogP contribution in [0, 0.1) is 0 Å². The van der Waals surface area contributed by atoms with Crippen LogP contribution in [0.1, 0.15) is 26.5 Å². The van der Waals surface area contributed by atoms with Gasteiger partial charge >= 0.3 is 0 Å². The van der Waals surface area contributed by atoms with E-state index in [4.69, 9.17) is 0 Å². The maximum absolute atomic E-state index is 4.32. The Balaban J connectivity index is 2.15. The molecule has 2 aromatic rings. The molecule has 84 valence electrons. The predicted octanol–water partition coefficient (Wildman–Crippen LogP) is 1.97. The Morgan fingerprint density at radius 3 is 2.69 bits per heavy atom. The molecule has 0 atom stereocenters. The molecule has 0 N–H and O–H groups in total. The number of aromatic nitrogens is 3. The molecule has 0 aliphatic rings. The molecule has 0 amide bonds. The molecule has 0 unspecified atom stereocenters. The highest BCUT2D eigenvalue weighted by Crippen LogP contribution is 2.11. The highest BCUT2D eigenvalue weighted by Gasteiger charge is 2.18. The van der Waals surface area contributed by atoms with Gasteiger partial charge in [-0.3, -0.25) is 4.98 Å². The number of hydrogen-bond acceptors (Lipinski definition) is 1. The second kappa shape index (κ2) is 4.08. The minimum Gasteiger partial charge on any atom is -0.257 e. The van der Waals surface area contributed by atoms with Gasteiger partial charge in [0, 0.05) is 6.20 Å². The van der Waals surface area contributed by atoms with Crippen molar-refractivity contribution in [2.75, 3.05) is 0 Å². The fourth-order valence-corrected chi connectivity index (χ4v) is 1.56. The van der Waals surface area contributed by atoms with Gasteiger partial charge in [-0.2, -0.15) is 0 Å². The Morgan fingerprint density at radius 2 is 2.12 bits per heavy atom. The standard InChI is InChI=1S/C13H18N3/c1-13(2,3)16-9-8-15(11-16)10-12-6-4-5-7-14-12/h4-9,11H,10H2,1-3H3/q+1. The smallest absolute Gasteiger partial charge is 0.244 e. The molecule has 0 aliphatic carbocycles. The van der Waals surface area contributed by atoms with Crippen LogP contribution in [0.5, 0.6) is 0 Å². The van der Waals surface area contributed by atoms with Gasteiger partial charge in [0.25, 0.3) is 0 Å². The molecular weight excluding hydrogens is 198 g/mol. The first-order valence-electron chi connectivity index (χ1n) is 5.53. The maximum Gasteiger partial charge on any atom is 0.244 e. The Kier molecular flexibility index (Phi) is 2.77. The molecule has 0 radical (unpaired) electrons. The van der Waals surface area contributed by atoms with Crippen LogP contribution in [0.25, 0.3) is 0 Å². The number of pyridine rings is 1. The molecule has 16 heavy (non-hydrogen) atoms. The second-order valence-electron chi connectivity index (χ2n) is 4.99. The van der Waals surface area contributed by atoms with Crippen LogP contribution in [-0.2, 0) is 12.1 Å². The van der Waals surface area contributed by atoms with Gasteiger partial charge in [-0.25, -0.2) is 9.13 Å². The van der Waals surface area contributed by atoms with Crippen LogP contribution < -0.4 is 4.57 Å². The summed E-state index contributed by atoms with van der Waals surface area (Å²) in [6.45, 7) is 7.40. The van der Waals surface area contributed by atoms with Gasteiger partial charge in [-0.15, -0.1) is 0 Å². The Labute approximate surface area is 96.4 Å². The van der Waals surface area contributed by atoms with Crippen LogP contribution in [0.3, 0.4) is 0 Å². The molecule has 0 bridgehead atoms. The fraction of sp³-hybridized carbons (Fsp3) is 0.385. The van der Waals surface area contributed by atoms with Crippen molar-refractivity contribution in [1.82, 2.24) is 9.55 Å². The van der Waals surface area contributed by atoms with Gasteiger partial charge < -0.3 is 0 Å². The van der Waals surface area contributed by atoms with Gasteiger partial charge in [0.15, 0.2) is 0 Å². The van der Waals surface area contributed by atoms with E-state index in [0.29, 0.717) is 0 Å². The first kappa shape index (κ1) is 10.9. The zero-order chi connectivity index (χ0) is 11.6. The minimum atomic E-state index is 0.134. The van der Waals surface area contributed by atoms with Crippen LogP contribution in [0.2, 0.25) is 0 Å². The summed E-state index contributed by atoms with van der Waals surface area (Å²) in [6, 6.07) is 6.00. The zero-order valence-electron chi connectivity index (χ0n) is 10.1. The Morgan fingerprint density at radius 1 is 1.31 bits per heavy atom. The number of imidazole rings is 1. The second-order valence-corrected chi connectivity index (χ2v) is 4.99. The lowest BCUT2D eigenvalue weighted by molar-refractivity contribution is -0.688. The minimum absolute atomic E-state index is 0.134. The summed E-state index contributed by atoms with van der Waals surface area (Å²) in [7, 11) is 0. The Bertz CT molecular complexity index is 452. The summed E-state index contributed by atoms with van der Waals surface area (Å²) in [5.41, 5.74) is 1.22. The van der Waals surface area contributed by atoms with E-state index in [1.807, 2.05) is 24.4 Å². The van der Waals surface area contributed by atoms with E-state index in [-0.39, 0.29) is 5.54 Å². The van der Waals surface area contributed by atoms with Crippen molar-refractivity contribution >= 4 is 0 Å². The molecule has 2 rings (SSSR count). The fourth-order valence-electron chi connectivity index (χ4n) is 1.56. The number of nitrogens with zero attached hydrogens (tertiary/aromatic N) is 3. The van der Waals surface area contributed by atoms with Gasteiger partial charge in [-0.05, 0) is 32.9 Å². The monoisotopic (exact) mass is 216 g/mol. The van der Waals surface area contributed by atoms with E-state index >= 15 is 0 Å². The van der Waals surface area contributed by atoms with Gasteiger partial charge in [0.1, 0.15) is 24.5 Å². The average molecular weight is 216 g/mol. The molecule has 0 saturated carbocycles. The summed E-state index contributed by atoms with van der Waals surface area (Å²) >= 11 is 0. The average Bonchev–Trinajstić information content (AvgIpc) is 2.67. The zero-order valence-corrected chi connectivity index (χ0v) is 10.1. The Hall–Kier alpha value is -1.64. The highest BCUT2D eigenvalue weighted by atomic mass is 15.1. The van der Waals surface area contributed by atoms with Crippen molar-refractivity contribution in [1.29, 1.82) is 0 Å². The molecule has 2 heterocycles. The third-order valence-electron chi connectivity index (χ3n) is 2.54. The topological polar surface area (TPSA) is 21.7 Å². The van der Waals surface area contributed by atoms with Crippen LogP contribution in [-0.4, -0.2) is 9.55 Å². The first-order valence-corrected chi connectivity index (χ1v) is 5.53. The summed E-state index contributed by atoms with van der Waals surface area (Å²) in [4.78, 5) is 4.32. The molecule has 0 spiro atoms. The molecule has 0 aliphatic heterocycles. The summed E-state index contributed by atoms with van der Waals surface area (Å²) in [6.07, 6.45) is 8.13. The van der Waals surface area contributed by atoms with Crippen molar-refractivity contribution < 1.29 is 4.57 Å². The van der Waals surface area contributed by atoms with Gasteiger partial charge in [-0.1, -0.05) is 6.07 Å². The van der Waals surface area contributed by atoms with Crippen molar-refractivity contribution in [3.63, 3.8) is 0 Å². The van der Waals surface area contributed by atoms with E-state index in [9.17, 15) is 0 Å². The quantitative estimate of drug-likeness (QED) is 0.703. The maximum atomic E-state index is 4.32. The lowest BCUT2D eigenvalue weighted by atomic mass is 10.1. The predicted molar refractivity (Wildman–Crippen MR) is 63.0 cm³/mol. The van der Waals surface area contributed by atoms with Crippen molar-refractivity contribution in [2.45, 2.75) is 32.9 Å². The van der Waals surface area contributed by atoms with E-state index in [0.717, 1.165) is 12.2 Å². The van der Waals surface area contributed by atoms with E-state index in [2.05, 4.69) is 53.6 Å². The largest absolute Gasteiger partial charge is 0.257 e.